The van der Waals surface area contributed by atoms with Crippen molar-refractivity contribution in [1.29, 1.82) is 0 Å². The Bertz CT molecular complexity index is 547. The van der Waals surface area contributed by atoms with Crippen LogP contribution in [-0.4, -0.2) is 37.0 Å². The SMILES string of the molecule is CCC/C=C\CCCCCCCC(=O)OC(CO)COCCCCCCCCCCCCCCCCCCCCCC. The van der Waals surface area contributed by atoms with E-state index in [1.54, 1.807) is 0 Å². The number of hydrogen-bond donors (Lipinski definition) is 1. The number of esters is 1. The van der Waals surface area contributed by atoms with E-state index in [1.807, 2.05) is 0 Å². The van der Waals surface area contributed by atoms with E-state index in [9.17, 15) is 9.90 Å². The van der Waals surface area contributed by atoms with Crippen LogP contribution in [0.1, 0.15) is 200 Å². The molecular formula is C38H74O4. The number of aliphatic hydroxyl groups excluding tert-OH is 1. The smallest absolute Gasteiger partial charge is 0.306 e. The number of carbonyl (C=O) groups is 1. The molecule has 1 N–H and O–H groups in total. The van der Waals surface area contributed by atoms with E-state index in [-0.39, 0.29) is 12.6 Å². The molecule has 250 valence electrons. The van der Waals surface area contributed by atoms with Crippen molar-refractivity contribution in [2.24, 2.45) is 0 Å². The standard InChI is InChI=1S/C38H74O4/c1-3-5-7-9-11-13-15-16-17-18-19-20-21-22-23-24-26-28-30-32-34-41-36-37(35-39)42-38(40)33-31-29-27-25-14-12-10-8-6-4-2/h8,10,37,39H,3-7,9,11-36H2,1-2H3/b10-8-. The molecule has 0 spiro atoms. The number of aliphatic hydroxyl groups is 1. The van der Waals surface area contributed by atoms with Crippen molar-refractivity contribution in [2.45, 2.75) is 206 Å². The van der Waals surface area contributed by atoms with Crippen LogP contribution in [0.4, 0.5) is 0 Å². The summed E-state index contributed by atoms with van der Waals surface area (Å²) in [5, 5.41) is 9.53. The van der Waals surface area contributed by atoms with E-state index in [2.05, 4.69) is 26.0 Å². The highest BCUT2D eigenvalue weighted by Crippen LogP contribution is 2.15. The first-order valence-electron chi connectivity index (χ1n) is 18.8. The van der Waals surface area contributed by atoms with Crippen molar-refractivity contribution >= 4 is 5.97 Å². The fourth-order valence-corrected chi connectivity index (χ4v) is 5.51. The predicted octanol–water partition coefficient (Wildman–Crippen LogP) is 11.8. The molecular weight excluding hydrogens is 520 g/mol. The Kier molecular flexibility index (Phi) is 35.6. The van der Waals surface area contributed by atoms with Gasteiger partial charge >= 0.3 is 5.97 Å². The van der Waals surface area contributed by atoms with E-state index < -0.39 is 6.10 Å². The van der Waals surface area contributed by atoms with Gasteiger partial charge in [0.05, 0.1) is 13.2 Å². The van der Waals surface area contributed by atoms with Crippen LogP contribution in [0, 0.1) is 0 Å². The molecule has 4 nitrogen and oxygen atoms in total. The molecule has 0 aromatic carbocycles. The minimum atomic E-state index is -0.530. The average molecular weight is 595 g/mol. The Morgan fingerprint density at radius 1 is 0.548 bits per heavy atom. The molecule has 0 aliphatic carbocycles. The van der Waals surface area contributed by atoms with E-state index >= 15 is 0 Å². The quantitative estimate of drug-likeness (QED) is 0.0450. The van der Waals surface area contributed by atoms with Gasteiger partial charge in [-0.2, -0.15) is 0 Å². The molecule has 0 heterocycles. The van der Waals surface area contributed by atoms with Gasteiger partial charge in [0, 0.05) is 13.0 Å². The van der Waals surface area contributed by atoms with Gasteiger partial charge in [-0.3, -0.25) is 4.79 Å². The lowest BCUT2D eigenvalue weighted by molar-refractivity contribution is -0.154. The van der Waals surface area contributed by atoms with Crippen molar-refractivity contribution in [3.05, 3.63) is 12.2 Å². The first kappa shape index (κ1) is 41.1. The molecule has 0 saturated heterocycles. The third kappa shape index (κ3) is 33.6. The van der Waals surface area contributed by atoms with Crippen LogP contribution in [0.2, 0.25) is 0 Å². The first-order chi connectivity index (χ1) is 20.7. The van der Waals surface area contributed by atoms with Crippen LogP contribution in [0.3, 0.4) is 0 Å². The number of allylic oxidation sites excluding steroid dienone is 2. The summed E-state index contributed by atoms with van der Waals surface area (Å²) in [7, 11) is 0. The number of carbonyl (C=O) groups excluding carboxylic acids is 1. The molecule has 0 aromatic rings. The second kappa shape index (κ2) is 36.3. The summed E-state index contributed by atoms with van der Waals surface area (Å²) in [6.07, 6.45) is 41.2. The molecule has 0 aliphatic rings. The third-order valence-electron chi connectivity index (χ3n) is 8.32. The normalized spacial score (nSPS) is 12.4. The first-order valence-corrected chi connectivity index (χ1v) is 18.8. The summed E-state index contributed by atoms with van der Waals surface area (Å²) >= 11 is 0. The van der Waals surface area contributed by atoms with E-state index in [0.29, 0.717) is 19.6 Å². The Labute approximate surface area is 263 Å². The molecule has 0 saturated carbocycles. The Morgan fingerprint density at radius 2 is 0.976 bits per heavy atom. The fourth-order valence-electron chi connectivity index (χ4n) is 5.51. The molecule has 1 atom stereocenters. The van der Waals surface area contributed by atoms with Crippen LogP contribution in [0.25, 0.3) is 0 Å². The maximum Gasteiger partial charge on any atom is 0.306 e. The highest BCUT2D eigenvalue weighted by molar-refractivity contribution is 5.69. The second-order valence-electron chi connectivity index (χ2n) is 12.7. The number of ether oxygens (including phenoxy) is 2. The Balaban J connectivity index is 3.35. The van der Waals surface area contributed by atoms with Gasteiger partial charge in [-0.1, -0.05) is 174 Å². The van der Waals surface area contributed by atoms with Crippen LogP contribution in [0.5, 0.6) is 0 Å². The molecule has 0 rings (SSSR count). The second-order valence-corrected chi connectivity index (χ2v) is 12.7. The maximum absolute atomic E-state index is 12.1. The van der Waals surface area contributed by atoms with Crippen molar-refractivity contribution < 1.29 is 19.4 Å². The molecule has 0 radical (unpaired) electrons. The zero-order valence-corrected chi connectivity index (χ0v) is 28.5. The van der Waals surface area contributed by atoms with Crippen LogP contribution < -0.4 is 0 Å². The van der Waals surface area contributed by atoms with Crippen molar-refractivity contribution in [3.63, 3.8) is 0 Å². The van der Waals surface area contributed by atoms with Crippen molar-refractivity contribution in [1.82, 2.24) is 0 Å². The van der Waals surface area contributed by atoms with Crippen molar-refractivity contribution in [2.75, 3.05) is 19.8 Å². The summed E-state index contributed by atoms with van der Waals surface area (Å²) in [6, 6.07) is 0. The lowest BCUT2D eigenvalue weighted by Gasteiger charge is -2.15. The van der Waals surface area contributed by atoms with Gasteiger partial charge < -0.3 is 14.6 Å². The third-order valence-corrected chi connectivity index (χ3v) is 8.32. The summed E-state index contributed by atoms with van der Waals surface area (Å²) in [4.78, 5) is 12.1. The van der Waals surface area contributed by atoms with Gasteiger partial charge in [0.2, 0.25) is 0 Å². The number of hydrogen-bond acceptors (Lipinski definition) is 4. The predicted molar refractivity (Wildman–Crippen MR) is 182 cm³/mol. The van der Waals surface area contributed by atoms with E-state index in [1.165, 1.54) is 161 Å². The van der Waals surface area contributed by atoms with Crippen LogP contribution >= 0.6 is 0 Å². The zero-order chi connectivity index (χ0) is 30.6. The van der Waals surface area contributed by atoms with Crippen LogP contribution in [-0.2, 0) is 14.3 Å². The summed E-state index contributed by atoms with van der Waals surface area (Å²) in [6.45, 7) is 5.30. The minimum absolute atomic E-state index is 0.170. The average Bonchev–Trinajstić information content (AvgIpc) is 3.00. The minimum Gasteiger partial charge on any atom is -0.457 e. The number of unbranched alkanes of at least 4 members (excludes halogenated alkanes) is 25. The highest BCUT2D eigenvalue weighted by Gasteiger charge is 2.13. The lowest BCUT2D eigenvalue weighted by atomic mass is 10.0. The highest BCUT2D eigenvalue weighted by atomic mass is 16.6. The largest absolute Gasteiger partial charge is 0.457 e. The maximum atomic E-state index is 12.1. The molecule has 4 heteroatoms. The monoisotopic (exact) mass is 595 g/mol. The summed E-state index contributed by atoms with van der Waals surface area (Å²) in [5.41, 5.74) is 0. The fraction of sp³-hybridized carbons (Fsp3) is 0.921. The van der Waals surface area contributed by atoms with Gasteiger partial charge in [0.25, 0.3) is 0 Å². The van der Waals surface area contributed by atoms with Gasteiger partial charge in [0.1, 0.15) is 6.10 Å². The molecule has 42 heavy (non-hydrogen) atoms. The summed E-state index contributed by atoms with van der Waals surface area (Å²) in [5.74, 6) is -0.209. The number of rotatable bonds is 35. The molecule has 0 amide bonds. The van der Waals surface area contributed by atoms with Gasteiger partial charge in [0.15, 0.2) is 0 Å². The van der Waals surface area contributed by atoms with E-state index in [0.717, 1.165) is 19.3 Å². The van der Waals surface area contributed by atoms with Gasteiger partial charge in [-0.25, -0.2) is 0 Å². The topological polar surface area (TPSA) is 55.8 Å². The zero-order valence-electron chi connectivity index (χ0n) is 28.5. The molecule has 0 fully saturated rings. The van der Waals surface area contributed by atoms with Crippen LogP contribution in [0.15, 0.2) is 12.2 Å². The summed E-state index contributed by atoms with van der Waals surface area (Å²) < 4.78 is 11.1. The Morgan fingerprint density at radius 3 is 1.45 bits per heavy atom. The van der Waals surface area contributed by atoms with Gasteiger partial charge in [-0.05, 0) is 32.1 Å². The van der Waals surface area contributed by atoms with Crippen molar-refractivity contribution in [3.8, 4) is 0 Å². The molecule has 0 bridgehead atoms. The molecule has 0 aromatic heterocycles. The van der Waals surface area contributed by atoms with E-state index in [4.69, 9.17) is 9.47 Å². The van der Waals surface area contributed by atoms with Gasteiger partial charge in [-0.15, -0.1) is 0 Å². The Hall–Kier alpha value is -0.870. The molecule has 1 unspecified atom stereocenters. The molecule has 0 aliphatic heterocycles. The lowest BCUT2D eigenvalue weighted by Crippen LogP contribution is -2.27.